The van der Waals surface area contributed by atoms with E-state index in [1.807, 2.05) is 24.3 Å². The molecular formula is C22H25N5. The van der Waals surface area contributed by atoms with E-state index < -0.39 is 0 Å². The molecule has 5 heteroatoms. The van der Waals surface area contributed by atoms with Gasteiger partial charge in [-0.15, -0.1) is 0 Å². The summed E-state index contributed by atoms with van der Waals surface area (Å²) in [5.41, 5.74) is 4.31. The standard InChI is InChI=1S/C22H25N5/c1-17-8-10-19(11-9-17)23-21-16-20(18-6-4-3-5-7-18)24-22(25-21)27-14-12-26(2)13-15-27/h3-11,16H,12-15H2,1-2H3,(H,23,24,25). The minimum atomic E-state index is 0.791. The molecule has 1 aliphatic rings. The van der Waals surface area contributed by atoms with Crippen LogP contribution in [0.15, 0.2) is 60.7 Å². The zero-order valence-corrected chi connectivity index (χ0v) is 15.9. The molecular weight excluding hydrogens is 334 g/mol. The number of nitrogens with one attached hydrogen (secondary N) is 1. The molecule has 3 aromatic rings. The second kappa shape index (κ2) is 7.76. The second-order valence-electron chi connectivity index (χ2n) is 7.09. The summed E-state index contributed by atoms with van der Waals surface area (Å²) < 4.78 is 0. The number of aromatic nitrogens is 2. The molecule has 2 heterocycles. The van der Waals surface area contributed by atoms with Crippen molar-refractivity contribution in [3.63, 3.8) is 0 Å². The molecule has 0 radical (unpaired) electrons. The van der Waals surface area contributed by atoms with Crippen molar-refractivity contribution < 1.29 is 0 Å². The van der Waals surface area contributed by atoms with Crippen LogP contribution in [-0.2, 0) is 0 Å². The molecule has 27 heavy (non-hydrogen) atoms. The molecule has 0 spiro atoms. The molecule has 0 aliphatic carbocycles. The fraction of sp³-hybridized carbons (Fsp3) is 0.273. The molecule has 0 bridgehead atoms. The van der Waals surface area contributed by atoms with E-state index in [2.05, 4.69) is 65.5 Å². The third kappa shape index (κ3) is 4.26. The quantitative estimate of drug-likeness (QED) is 0.764. The Morgan fingerprint density at radius 2 is 1.56 bits per heavy atom. The fourth-order valence-corrected chi connectivity index (χ4v) is 3.19. The van der Waals surface area contributed by atoms with Crippen LogP contribution in [0.2, 0.25) is 0 Å². The van der Waals surface area contributed by atoms with Gasteiger partial charge in [-0.25, -0.2) is 4.98 Å². The van der Waals surface area contributed by atoms with Crippen LogP contribution < -0.4 is 10.2 Å². The Labute approximate surface area is 160 Å². The lowest BCUT2D eigenvalue weighted by Crippen LogP contribution is -2.45. The van der Waals surface area contributed by atoms with E-state index >= 15 is 0 Å². The van der Waals surface area contributed by atoms with Gasteiger partial charge >= 0.3 is 0 Å². The Hall–Kier alpha value is -2.92. The van der Waals surface area contributed by atoms with Gasteiger partial charge in [-0.3, -0.25) is 0 Å². The van der Waals surface area contributed by atoms with Gasteiger partial charge in [0.1, 0.15) is 5.82 Å². The summed E-state index contributed by atoms with van der Waals surface area (Å²) in [5, 5.41) is 3.44. The number of aryl methyl sites for hydroxylation is 1. The number of likely N-dealkylation sites (N-methyl/N-ethyl adjacent to an activating group) is 1. The number of nitrogens with zero attached hydrogens (tertiary/aromatic N) is 4. The minimum absolute atomic E-state index is 0.791. The second-order valence-corrected chi connectivity index (χ2v) is 7.09. The number of hydrogen-bond donors (Lipinski definition) is 1. The van der Waals surface area contributed by atoms with Gasteiger partial charge in [-0.2, -0.15) is 4.98 Å². The van der Waals surface area contributed by atoms with Gasteiger partial charge in [-0.1, -0.05) is 48.0 Å². The van der Waals surface area contributed by atoms with Crippen molar-refractivity contribution in [2.45, 2.75) is 6.92 Å². The Morgan fingerprint density at radius 3 is 2.26 bits per heavy atom. The molecule has 1 fully saturated rings. The van der Waals surface area contributed by atoms with Crippen LogP contribution >= 0.6 is 0 Å². The van der Waals surface area contributed by atoms with E-state index in [0.29, 0.717) is 0 Å². The summed E-state index contributed by atoms with van der Waals surface area (Å²) >= 11 is 0. The molecule has 138 valence electrons. The molecule has 0 amide bonds. The highest BCUT2D eigenvalue weighted by Gasteiger charge is 2.18. The maximum Gasteiger partial charge on any atom is 0.227 e. The van der Waals surface area contributed by atoms with Gasteiger partial charge in [0.15, 0.2) is 0 Å². The highest BCUT2D eigenvalue weighted by Crippen LogP contribution is 2.25. The van der Waals surface area contributed by atoms with Gasteiger partial charge in [0, 0.05) is 43.5 Å². The van der Waals surface area contributed by atoms with Crippen molar-refractivity contribution in [3.8, 4) is 11.3 Å². The maximum atomic E-state index is 4.86. The summed E-state index contributed by atoms with van der Waals surface area (Å²) in [6, 6.07) is 20.7. The Bertz CT molecular complexity index is 884. The summed E-state index contributed by atoms with van der Waals surface area (Å²) in [4.78, 5) is 14.3. The normalized spacial score (nSPS) is 15.0. The van der Waals surface area contributed by atoms with Crippen molar-refractivity contribution in [2.24, 2.45) is 0 Å². The molecule has 1 saturated heterocycles. The molecule has 4 rings (SSSR count). The number of benzene rings is 2. The van der Waals surface area contributed by atoms with Gasteiger partial charge in [0.05, 0.1) is 5.69 Å². The first-order valence-electron chi connectivity index (χ1n) is 9.39. The lowest BCUT2D eigenvalue weighted by Gasteiger charge is -2.32. The first-order valence-corrected chi connectivity index (χ1v) is 9.39. The molecule has 0 unspecified atom stereocenters. The highest BCUT2D eigenvalue weighted by molar-refractivity contribution is 5.67. The Balaban J connectivity index is 1.69. The average molecular weight is 359 g/mol. The van der Waals surface area contributed by atoms with Crippen LogP contribution in [0.5, 0.6) is 0 Å². The zero-order chi connectivity index (χ0) is 18.6. The molecule has 0 atom stereocenters. The van der Waals surface area contributed by atoms with Crippen LogP contribution in [0.4, 0.5) is 17.5 Å². The number of rotatable bonds is 4. The van der Waals surface area contributed by atoms with E-state index in [1.54, 1.807) is 0 Å². The van der Waals surface area contributed by atoms with E-state index in [1.165, 1.54) is 5.56 Å². The van der Waals surface area contributed by atoms with Crippen LogP contribution in [-0.4, -0.2) is 48.1 Å². The van der Waals surface area contributed by atoms with Gasteiger partial charge in [0.2, 0.25) is 5.95 Å². The van der Waals surface area contributed by atoms with E-state index in [-0.39, 0.29) is 0 Å². The highest BCUT2D eigenvalue weighted by atomic mass is 15.3. The Kier molecular flexibility index (Phi) is 5.03. The molecule has 0 saturated carbocycles. The van der Waals surface area contributed by atoms with Gasteiger partial charge < -0.3 is 15.1 Å². The minimum Gasteiger partial charge on any atom is -0.340 e. The summed E-state index contributed by atoms with van der Waals surface area (Å²) in [6.07, 6.45) is 0. The SMILES string of the molecule is Cc1ccc(Nc2cc(-c3ccccc3)nc(N3CCN(C)CC3)n2)cc1. The van der Waals surface area contributed by atoms with E-state index in [4.69, 9.17) is 9.97 Å². The molecule has 2 aromatic carbocycles. The van der Waals surface area contributed by atoms with Crippen molar-refractivity contribution in [2.75, 3.05) is 43.4 Å². The van der Waals surface area contributed by atoms with Crippen molar-refractivity contribution in [3.05, 3.63) is 66.2 Å². The van der Waals surface area contributed by atoms with Crippen molar-refractivity contribution >= 4 is 17.5 Å². The predicted molar refractivity (Wildman–Crippen MR) is 112 cm³/mol. The molecule has 5 nitrogen and oxygen atoms in total. The molecule has 1 aromatic heterocycles. The number of piperazine rings is 1. The van der Waals surface area contributed by atoms with Crippen LogP contribution in [0.25, 0.3) is 11.3 Å². The summed E-state index contributed by atoms with van der Waals surface area (Å²) in [7, 11) is 2.16. The largest absolute Gasteiger partial charge is 0.340 e. The van der Waals surface area contributed by atoms with E-state index in [9.17, 15) is 0 Å². The topological polar surface area (TPSA) is 44.3 Å². The third-order valence-corrected chi connectivity index (χ3v) is 4.89. The van der Waals surface area contributed by atoms with E-state index in [0.717, 1.165) is 54.9 Å². The smallest absolute Gasteiger partial charge is 0.227 e. The van der Waals surface area contributed by atoms with Gasteiger partial charge in [-0.05, 0) is 26.1 Å². The first kappa shape index (κ1) is 17.5. The van der Waals surface area contributed by atoms with Crippen LogP contribution in [0.1, 0.15) is 5.56 Å². The average Bonchev–Trinajstić information content (AvgIpc) is 2.71. The summed E-state index contributed by atoms with van der Waals surface area (Å²) in [6.45, 7) is 6.03. The lowest BCUT2D eigenvalue weighted by molar-refractivity contribution is 0.311. The Morgan fingerprint density at radius 1 is 0.852 bits per heavy atom. The van der Waals surface area contributed by atoms with Crippen LogP contribution in [0.3, 0.4) is 0 Å². The fourth-order valence-electron chi connectivity index (χ4n) is 3.19. The lowest BCUT2D eigenvalue weighted by atomic mass is 10.1. The maximum absolute atomic E-state index is 4.86. The predicted octanol–water partition coefficient (Wildman–Crippen LogP) is 3.95. The van der Waals surface area contributed by atoms with Crippen molar-refractivity contribution in [1.82, 2.24) is 14.9 Å². The third-order valence-electron chi connectivity index (χ3n) is 4.89. The van der Waals surface area contributed by atoms with Crippen LogP contribution in [0, 0.1) is 6.92 Å². The first-order chi connectivity index (χ1) is 13.2. The zero-order valence-electron chi connectivity index (χ0n) is 15.9. The number of hydrogen-bond acceptors (Lipinski definition) is 5. The van der Waals surface area contributed by atoms with Crippen molar-refractivity contribution in [1.29, 1.82) is 0 Å². The molecule has 1 N–H and O–H groups in total. The monoisotopic (exact) mass is 359 g/mol. The summed E-state index contributed by atoms with van der Waals surface area (Å²) in [5.74, 6) is 1.61. The number of anilines is 3. The van der Waals surface area contributed by atoms with Gasteiger partial charge in [0.25, 0.3) is 0 Å². The molecule has 1 aliphatic heterocycles.